The lowest BCUT2D eigenvalue weighted by atomic mass is 10.1. The van der Waals surface area contributed by atoms with Gasteiger partial charge in [0.05, 0.1) is 23.0 Å². The number of benzene rings is 2. The van der Waals surface area contributed by atoms with E-state index in [4.69, 9.17) is 23.2 Å². The van der Waals surface area contributed by atoms with Gasteiger partial charge in [-0.05, 0) is 56.5 Å². The number of hydrogen-bond acceptors (Lipinski definition) is 1. The number of aryl methyl sites for hydroxylation is 3. The predicted molar refractivity (Wildman–Crippen MR) is 118 cm³/mol. The number of aromatic nitrogens is 2. The summed E-state index contributed by atoms with van der Waals surface area (Å²) in [6, 6.07) is 9.85. The third-order valence-corrected chi connectivity index (χ3v) is 6.20. The summed E-state index contributed by atoms with van der Waals surface area (Å²) in [5, 5.41) is 4.18. The molecule has 0 atom stereocenters. The first-order valence-corrected chi connectivity index (χ1v) is 10.5. The summed E-state index contributed by atoms with van der Waals surface area (Å²) >= 11 is 12.3. The van der Waals surface area contributed by atoms with Crippen LogP contribution in [0.3, 0.4) is 0 Å². The van der Waals surface area contributed by atoms with Crippen molar-refractivity contribution in [3.8, 4) is 11.3 Å². The predicted octanol–water partition coefficient (Wildman–Crippen LogP) is 5.26. The summed E-state index contributed by atoms with van der Waals surface area (Å²) in [6.45, 7) is 7.35. The molecular formula is C23H24Cl2N3O+. The van der Waals surface area contributed by atoms with E-state index in [9.17, 15) is 4.79 Å². The van der Waals surface area contributed by atoms with Crippen molar-refractivity contribution in [1.29, 1.82) is 0 Å². The van der Waals surface area contributed by atoms with Crippen LogP contribution >= 0.6 is 23.2 Å². The van der Waals surface area contributed by atoms with Crippen LogP contribution in [0.5, 0.6) is 0 Å². The molecular weight excluding hydrogens is 405 g/mol. The Kier molecular flexibility index (Phi) is 5.41. The second-order valence-electron chi connectivity index (χ2n) is 7.76. The molecule has 0 spiro atoms. The van der Waals surface area contributed by atoms with Gasteiger partial charge in [0.25, 0.3) is 11.7 Å². The number of nitrogens with zero attached hydrogens (tertiary/aromatic N) is 2. The Balaban J connectivity index is 1.61. The molecule has 29 heavy (non-hydrogen) atoms. The van der Waals surface area contributed by atoms with Crippen molar-refractivity contribution in [3.05, 3.63) is 69.1 Å². The zero-order chi connectivity index (χ0) is 20.7. The molecule has 4 nitrogen and oxygen atoms in total. The van der Waals surface area contributed by atoms with Gasteiger partial charge < -0.3 is 5.32 Å². The minimum atomic E-state index is -0.0222. The minimum Gasteiger partial charge on any atom is -0.322 e. The molecule has 0 fully saturated rings. The smallest absolute Gasteiger partial charge is 0.266 e. The molecule has 150 valence electrons. The molecule has 0 unspecified atom stereocenters. The van der Waals surface area contributed by atoms with Crippen LogP contribution in [0.15, 0.2) is 36.5 Å². The lowest BCUT2D eigenvalue weighted by Crippen LogP contribution is -2.42. The fraction of sp³-hybridized carbons (Fsp3) is 0.304. The van der Waals surface area contributed by atoms with Gasteiger partial charge in [0.2, 0.25) is 0 Å². The van der Waals surface area contributed by atoms with Crippen LogP contribution in [-0.4, -0.2) is 10.5 Å². The average Bonchev–Trinajstić information content (AvgIpc) is 3.24. The number of carbonyl (C=O) groups is 1. The van der Waals surface area contributed by atoms with E-state index in [-0.39, 0.29) is 12.5 Å². The molecule has 2 aromatic carbocycles. The number of carbonyl (C=O) groups excluding carboxylic acids is 1. The van der Waals surface area contributed by atoms with Gasteiger partial charge in [-0.3, -0.25) is 4.79 Å². The highest BCUT2D eigenvalue weighted by atomic mass is 35.5. The molecule has 4 rings (SSSR count). The van der Waals surface area contributed by atoms with Crippen LogP contribution in [0.2, 0.25) is 10.0 Å². The maximum atomic E-state index is 12.8. The fourth-order valence-electron chi connectivity index (χ4n) is 4.24. The zero-order valence-corrected chi connectivity index (χ0v) is 18.4. The van der Waals surface area contributed by atoms with Crippen LogP contribution < -0.4 is 9.88 Å². The summed E-state index contributed by atoms with van der Waals surface area (Å²) in [6.07, 6.45) is 4.07. The lowest BCUT2D eigenvalue weighted by molar-refractivity contribution is -0.690. The molecule has 0 bridgehead atoms. The average molecular weight is 429 g/mol. The van der Waals surface area contributed by atoms with Crippen molar-refractivity contribution in [2.45, 2.75) is 46.7 Å². The highest BCUT2D eigenvalue weighted by Crippen LogP contribution is 2.30. The third kappa shape index (κ3) is 3.92. The molecule has 1 amide bonds. The third-order valence-electron chi connectivity index (χ3n) is 5.46. The molecule has 1 aromatic heterocycles. The zero-order valence-electron chi connectivity index (χ0n) is 16.9. The molecule has 1 aliphatic heterocycles. The molecule has 0 saturated heterocycles. The number of amides is 1. The van der Waals surface area contributed by atoms with Gasteiger partial charge in [0, 0.05) is 11.3 Å². The van der Waals surface area contributed by atoms with Crippen LogP contribution in [0.4, 0.5) is 5.69 Å². The van der Waals surface area contributed by atoms with Crippen LogP contribution in [0, 0.1) is 20.8 Å². The first-order chi connectivity index (χ1) is 13.8. The molecule has 2 heterocycles. The summed E-state index contributed by atoms with van der Waals surface area (Å²) in [4.78, 5) is 12.8. The normalized spacial score (nSPS) is 12.9. The van der Waals surface area contributed by atoms with E-state index < -0.39 is 0 Å². The quantitative estimate of drug-likeness (QED) is 0.565. The summed E-state index contributed by atoms with van der Waals surface area (Å²) < 4.78 is 4.33. The molecule has 0 saturated carbocycles. The number of rotatable bonds is 4. The van der Waals surface area contributed by atoms with Gasteiger partial charge in [-0.2, -0.15) is 0 Å². The van der Waals surface area contributed by atoms with E-state index in [2.05, 4.69) is 33.5 Å². The molecule has 3 aromatic rings. The monoisotopic (exact) mass is 428 g/mol. The van der Waals surface area contributed by atoms with E-state index >= 15 is 0 Å². The topological polar surface area (TPSA) is 37.9 Å². The number of hydrogen-bond donors (Lipinski definition) is 1. The molecule has 6 heteroatoms. The second kappa shape index (κ2) is 7.85. The Morgan fingerprint density at radius 1 is 1.10 bits per heavy atom. The molecule has 1 N–H and O–H groups in total. The number of anilines is 1. The van der Waals surface area contributed by atoms with Crippen LogP contribution in [0.1, 0.15) is 28.9 Å². The van der Waals surface area contributed by atoms with Gasteiger partial charge in [-0.25, -0.2) is 9.13 Å². The first-order valence-electron chi connectivity index (χ1n) is 9.78. The number of halogens is 2. The van der Waals surface area contributed by atoms with E-state index in [1.807, 2.05) is 38.2 Å². The van der Waals surface area contributed by atoms with Crippen molar-refractivity contribution in [2.75, 3.05) is 5.32 Å². The molecule has 0 aliphatic carbocycles. The van der Waals surface area contributed by atoms with Gasteiger partial charge in [-0.15, -0.1) is 0 Å². The Hall–Kier alpha value is -2.30. The summed E-state index contributed by atoms with van der Waals surface area (Å²) in [5.74, 6) is 1.14. The SMILES string of the molecule is Cc1cc(C)c(NC(=O)C[n+]2cc(-c3ccc(Cl)c(Cl)c3)n3c2CCC3)c(C)c1. The molecule has 1 aliphatic rings. The Morgan fingerprint density at radius 2 is 1.83 bits per heavy atom. The van der Waals surface area contributed by atoms with Crippen molar-refractivity contribution in [2.24, 2.45) is 0 Å². The number of nitrogens with one attached hydrogen (secondary N) is 1. The van der Waals surface area contributed by atoms with Crippen LogP contribution in [0.25, 0.3) is 11.3 Å². The van der Waals surface area contributed by atoms with Gasteiger partial charge in [0.1, 0.15) is 6.20 Å². The van der Waals surface area contributed by atoms with Crippen molar-refractivity contribution in [3.63, 3.8) is 0 Å². The maximum Gasteiger partial charge on any atom is 0.266 e. The largest absolute Gasteiger partial charge is 0.322 e. The van der Waals surface area contributed by atoms with E-state index in [0.717, 1.165) is 47.5 Å². The van der Waals surface area contributed by atoms with Gasteiger partial charge in [0.15, 0.2) is 12.2 Å². The standard InChI is InChI=1S/C23H23Cl2N3O/c1-14-9-15(2)23(16(3)10-14)26-21(29)13-27-12-20(28-8-4-5-22(27)28)17-6-7-18(24)19(25)11-17/h6-7,9-12H,4-5,8,13H2,1-3H3/p+1. The Morgan fingerprint density at radius 3 is 2.52 bits per heavy atom. The summed E-state index contributed by atoms with van der Waals surface area (Å²) in [5.41, 5.74) is 6.34. The Bertz CT molecular complexity index is 1090. The van der Waals surface area contributed by atoms with E-state index in [1.165, 1.54) is 11.4 Å². The fourth-order valence-corrected chi connectivity index (χ4v) is 4.54. The van der Waals surface area contributed by atoms with E-state index in [1.54, 1.807) is 0 Å². The maximum absolute atomic E-state index is 12.8. The summed E-state index contributed by atoms with van der Waals surface area (Å²) in [7, 11) is 0. The lowest BCUT2D eigenvalue weighted by Gasteiger charge is -2.12. The Labute approximate surface area is 181 Å². The molecule has 0 radical (unpaired) electrons. The minimum absolute atomic E-state index is 0.0222. The first kappa shape index (κ1) is 20.0. The van der Waals surface area contributed by atoms with Crippen molar-refractivity contribution in [1.82, 2.24) is 4.57 Å². The van der Waals surface area contributed by atoms with E-state index in [0.29, 0.717) is 10.0 Å². The second-order valence-corrected chi connectivity index (χ2v) is 8.58. The van der Waals surface area contributed by atoms with Crippen molar-refractivity contribution >= 4 is 34.8 Å². The van der Waals surface area contributed by atoms with Gasteiger partial charge >= 0.3 is 0 Å². The van der Waals surface area contributed by atoms with Crippen molar-refractivity contribution < 1.29 is 9.36 Å². The van der Waals surface area contributed by atoms with Gasteiger partial charge in [-0.1, -0.05) is 40.9 Å². The highest BCUT2D eigenvalue weighted by molar-refractivity contribution is 6.42. The number of imidazole rings is 1. The van der Waals surface area contributed by atoms with Crippen LogP contribution in [-0.2, 0) is 24.3 Å². The highest BCUT2D eigenvalue weighted by Gasteiger charge is 2.30. The number of fused-ring (bicyclic) bond motifs is 1.